The topological polar surface area (TPSA) is 93.0 Å². The summed E-state index contributed by atoms with van der Waals surface area (Å²) in [6.07, 6.45) is 15.6. The molecule has 4 aromatic rings. The van der Waals surface area contributed by atoms with E-state index in [-0.39, 0.29) is 5.16 Å². The lowest BCUT2D eigenvalue weighted by Crippen LogP contribution is -2.83. The molecule has 0 aromatic heterocycles. The molecule has 72 heavy (non-hydrogen) atoms. The molecule has 3 aliphatic carbocycles. The first-order chi connectivity index (χ1) is 34.4. The predicted molar refractivity (Wildman–Crippen MR) is 303 cm³/mol. The van der Waals surface area contributed by atoms with E-state index >= 15 is 0 Å². The van der Waals surface area contributed by atoms with E-state index in [0.717, 1.165) is 87.0 Å². The van der Waals surface area contributed by atoms with Crippen molar-refractivity contribution in [2.45, 2.75) is 183 Å². The van der Waals surface area contributed by atoms with E-state index in [4.69, 9.17) is 38.9 Å². The van der Waals surface area contributed by atoms with E-state index in [1.807, 2.05) is 0 Å². The van der Waals surface area contributed by atoms with Gasteiger partial charge >= 0.3 is 34.5 Å². The summed E-state index contributed by atoms with van der Waals surface area (Å²) in [5.41, 5.74) is 0. The van der Waals surface area contributed by atoms with Gasteiger partial charge in [-0.1, -0.05) is 121 Å². The SMILES string of the molecule is C[Si](C)(C)O[Si](C)(CCC1CCC2OC2C1)O[Si](O[Si]1(CCC2CCC3OC3C2)O[Si](C)(O[Si](C)(C)C)C(CC2CCC3OC3C2)[Si](c2ccccc2)(c2ccccc2)O1)(c1ccccc1)c1ccccc1. The Morgan fingerprint density at radius 3 is 1.42 bits per heavy atom. The highest BCUT2D eigenvalue weighted by Gasteiger charge is 2.72. The lowest BCUT2D eigenvalue weighted by molar-refractivity contribution is 0.177. The van der Waals surface area contributed by atoms with Crippen molar-refractivity contribution < 1.29 is 38.9 Å². The first-order valence-corrected chi connectivity index (χ1v) is 45.3. The van der Waals surface area contributed by atoms with Crippen LogP contribution in [0.3, 0.4) is 0 Å². The standard InChI is InChI=1S/C56H82O9Si7/c1-66(2,3)60-68(7,37-35-43-29-32-50-53(39-43)57-50)62-72(48-25-17-11-18-26-48,49-27-19-12-20-28-49)65-70(38-36-44-30-33-51-54(40-44)58-51)63-69(8,61-67(4,5)6)56(42-45-31-34-52-55(41-45)59-52)71(64-70,46-21-13-9-14-22-46)47-23-15-10-16-24-47/h9-28,43-45,50-56H,29-42H2,1-8H3. The fourth-order valence-corrected chi connectivity index (χ4v) is 55.1. The van der Waals surface area contributed by atoms with Gasteiger partial charge in [0.05, 0.1) is 36.6 Å². The lowest BCUT2D eigenvalue weighted by atomic mass is 9.87. The van der Waals surface area contributed by atoms with E-state index in [0.29, 0.717) is 60.4 Å². The molecular formula is C56H82O9Si7. The maximum Gasteiger partial charge on any atom is 0.473 e. The minimum atomic E-state index is -3.99. The molecule has 0 amide bonds. The van der Waals surface area contributed by atoms with Gasteiger partial charge in [-0.2, -0.15) is 0 Å². The Morgan fingerprint density at radius 1 is 0.486 bits per heavy atom. The third-order valence-electron chi connectivity index (χ3n) is 17.0. The maximum absolute atomic E-state index is 8.81. The summed E-state index contributed by atoms with van der Waals surface area (Å²) in [5.74, 6) is 1.54. The summed E-state index contributed by atoms with van der Waals surface area (Å²) in [6, 6.07) is 46.2. The molecule has 13 atom stereocenters. The molecule has 0 spiro atoms. The Balaban J connectivity index is 1.12. The number of rotatable bonds is 20. The lowest BCUT2D eigenvalue weighted by Gasteiger charge is -2.59. The molecular weight excluding hydrogens is 1010 g/mol. The molecule has 388 valence electrons. The van der Waals surface area contributed by atoms with Gasteiger partial charge in [-0.05, 0) is 174 Å². The van der Waals surface area contributed by atoms with Crippen LogP contribution in [0.1, 0.15) is 77.0 Å². The van der Waals surface area contributed by atoms with Crippen molar-refractivity contribution >= 4 is 80.2 Å². The van der Waals surface area contributed by atoms with Gasteiger partial charge in [0.15, 0.2) is 16.6 Å². The van der Waals surface area contributed by atoms with Crippen LogP contribution in [0.2, 0.25) is 69.6 Å². The molecule has 7 aliphatic rings. The summed E-state index contributed by atoms with van der Waals surface area (Å²) < 4.78 is 68.7. The van der Waals surface area contributed by atoms with E-state index in [1.54, 1.807) is 0 Å². The van der Waals surface area contributed by atoms with Crippen LogP contribution in [-0.4, -0.2) is 96.1 Å². The smallest absolute Gasteiger partial charge is 0.437 e. The van der Waals surface area contributed by atoms with E-state index in [1.165, 1.54) is 16.8 Å². The molecule has 16 heteroatoms. The summed E-state index contributed by atoms with van der Waals surface area (Å²) in [5, 5.41) is 4.71. The molecule has 11 rings (SSSR count). The van der Waals surface area contributed by atoms with E-state index in [9.17, 15) is 0 Å². The van der Waals surface area contributed by atoms with Crippen molar-refractivity contribution in [3.05, 3.63) is 121 Å². The van der Waals surface area contributed by atoms with Crippen molar-refractivity contribution in [3.8, 4) is 0 Å². The van der Waals surface area contributed by atoms with Crippen molar-refractivity contribution in [1.29, 1.82) is 0 Å². The summed E-state index contributed by atoms with van der Waals surface area (Å²) in [7, 11) is -22.2. The molecule has 4 heterocycles. The number of hydrogen-bond acceptors (Lipinski definition) is 9. The Kier molecular flexibility index (Phi) is 14.8. The molecule has 0 N–H and O–H groups in total. The van der Waals surface area contributed by atoms with Gasteiger partial charge in [-0.3, -0.25) is 0 Å². The van der Waals surface area contributed by atoms with Gasteiger partial charge in [0.1, 0.15) is 0 Å². The van der Waals surface area contributed by atoms with E-state index in [2.05, 4.69) is 174 Å². The minimum absolute atomic E-state index is 0.0344. The molecule has 4 aliphatic heterocycles. The van der Waals surface area contributed by atoms with Crippen LogP contribution in [0.15, 0.2) is 121 Å². The average Bonchev–Trinajstić information content (AvgIpc) is 4.26. The van der Waals surface area contributed by atoms with Crippen LogP contribution in [0, 0.1) is 17.8 Å². The van der Waals surface area contributed by atoms with Crippen molar-refractivity contribution in [3.63, 3.8) is 0 Å². The highest BCUT2D eigenvalue weighted by molar-refractivity contribution is 7.14. The van der Waals surface area contributed by atoms with Crippen molar-refractivity contribution in [2.24, 2.45) is 17.8 Å². The highest BCUT2D eigenvalue weighted by atomic mass is 28.6. The Hall–Kier alpha value is -1.96. The average molecular weight is 1100 g/mol. The van der Waals surface area contributed by atoms with Gasteiger partial charge in [0, 0.05) is 11.2 Å². The fourth-order valence-electron chi connectivity index (χ4n) is 13.8. The second-order valence-electron chi connectivity index (χ2n) is 25.0. The number of benzene rings is 4. The molecule has 3 saturated carbocycles. The second kappa shape index (κ2) is 20.4. The third kappa shape index (κ3) is 11.5. The second-order valence-corrected chi connectivity index (χ2v) is 52.0. The quantitative estimate of drug-likeness (QED) is 0.0634. The van der Waals surface area contributed by atoms with Crippen molar-refractivity contribution in [2.75, 3.05) is 0 Å². The number of hydrogen-bond donors (Lipinski definition) is 0. The monoisotopic (exact) mass is 1090 g/mol. The third-order valence-corrected chi connectivity index (χ3v) is 48.1. The number of fused-ring (bicyclic) bond motifs is 3. The highest BCUT2D eigenvalue weighted by Crippen LogP contribution is 2.53. The Labute approximate surface area is 438 Å². The molecule has 0 bridgehead atoms. The zero-order chi connectivity index (χ0) is 50.0. The van der Waals surface area contributed by atoms with Crippen molar-refractivity contribution in [1.82, 2.24) is 0 Å². The zero-order valence-electron chi connectivity index (χ0n) is 44.4. The zero-order valence-corrected chi connectivity index (χ0v) is 51.4. The van der Waals surface area contributed by atoms with Gasteiger partial charge in [0.2, 0.25) is 0 Å². The number of ether oxygens (including phenoxy) is 3. The molecule has 4 aromatic carbocycles. The molecule has 4 saturated heterocycles. The minimum Gasteiger partial charge on any atom is -0.437 e. The molecule has 9 nitrogen and oxygen atoms in total. The van der Waals surface area contributed by atoms with Gasteiger partial charge < -0.3 is 38.9 Å². The molecule has 13 unspecified atom stereocenters. The fraction of sp³-hybridized carbons (Fsp3) is 0.571. The summed E-state index contributed by atoms with van der Waals surface area (Å²) in [6.45, 7) is 18.9. The van der Waals surface area contributed by atoms with Crippen LogP contribution < -0.4 is 20.7 Å². The first kappa shape index (κ1) is 52.1. The van der Waals surface area contributed by atoms with Crippen LogP contribution in [0.4, 0.5) is 0 Å². The summed E-state index contributed by atoms with van der Waals surface area (Å²) >= 11 is 0. The van der Waals surface area contributed by atoms with Crippen LogP contribution >= 0.6 is 0 Å². The largest absolute Gasteiger partial charge is 0.473 e. The number of epoxide rings is 3. The summed E-state index contributed by atoms with van der Waals surface area (Å²) in [4.78, 5) is 0. The Bertz CT molecular complexity index is 2370. The van der Waals surface area contributed by atoms with Crippen LogP contribution in [0.5, 0.6) is 0 Å². The van der Waals surface area contributed by atoms with Crippen LogP contribution in [0.25, 0.3) is 0 Å². The Morgan fingerprint density at radius 2 is 0.944 bits per heavy atom. The van der Waals surface area contributed by atoms with Gasteiger partial charge in [-0.25, -0.2) is 0 Å². The van der Waals surface area contributed by atoms with Gasteiger partial charge in [0.25, 0.3) is 8.32 Å². The van der Waals surface area contributed by atoms with E-state index < -0.39 is 59.4 Å². The molecule has 7 fully saturated rings. The normalized spacial score (nSPS) is 34.7. The molecule has 0 radical (unpaired) electrons. The van der Waals surface area contributed by atoms with Gasteiger partial charge in [-0.15, -0.1) is 0 Å². The van der Waals surface area contributed by atoms with Crippen LogP contribution in [-0.2, 0) is 38.9 Å². The first-order valence-electron chi connectivity index (χ1n) is 27.8. The maximum atomic E-state index is 8.81. The predicted octanol–water partition coefficient (Wildman–Crippen LogP) is 10.7.